The number of anilines is 1. The Hall–Kier alpha value is -2.11. The lowest BCUT2D eigenvalue weighted by Crippen LogP contribution is -2.26. The summed E-state index contributed by atoms with van der Waals surface area (Å²) in [5.41, 5.74) is 1.05. The van der Waals surface area contributed by atoms with Gasteiger partial charge in [-0.3, -0.25) is 9.48 Å². The lowest BCUT2D eigenvalue weighted by molar-refractivity contribution is 0.575. The van der Waals surface area contributed by atoms with Gasteiger partial charge in [0, 0.05) is 38.2 Å². The molecule has 0 aliphatic carbocycles. The molecule has 6 heteroatoms. The quantitative estimate of drug-likeness (QED) is 0.878. The minimum atomic E-state index is -0.0799. The summed E-state index contributed by atoms with van der Waals surface area (Å²) in [6, 6.07) is 0.134. The Morgan fingerprint density at radius 3 is 2.84 bits per heavy atom. The zero-order valence-electron chi connectivity index (χ0n) is 11.5. The van der Waals surface area contributed by atoms with Crippen LogP contribution in [-0.2, 0) is 13.5 Å². The van der Waals surface area contributed by atoms with Gasteiger partial charge in [-0.2, -0.15) is 5.10 Å². The highest BCUT2D eigenvalue weighted by Crippen LogP contribution is 2.02. The number of hydrogen-bond acceptors (Lipinski definition) is 4. The number of nitrogens with one attached hydrogen (secondary N) is 1. The Balaban J connectivity index is 2.00. The maximum absolute atomic E-state index is 12.1. The van der Waals surface area contributed by atoms with E-state index in [2.05, 4.69) is 15.4 Å². The second kappa shape index (κ2) is 5.69. The third-order valence-corrected chi connectivity index (χ3v) is 2.89. The van der Waals surface area contributed by atoms with Gasteiger partial charge in [-0.1, -0.05) is 0 Å². The maximum Gasteiger partial charge on any atom is 0.293 e. The first-order valence-electron chi connectivity index (χ1n) is 6.36. The fourth-order valence-corrected chi connectivity index (χ4v) is 1.88. The Morgan fingerprint density at radius 1 is 1.42 bits per heavy atom. The summed E-state index contributed by atoms with van der Waals surface area (Å²) >= 11 is 0. The predicted octanol–water partition coefficient (Wildman–Crippen LogP) is 1.21. The third kappa shape index (κ3) is 3.21. The zero-order valence-corrected chi connectivity index (χ0v) is 11.5. The lowest BCUT2D eigenvalue weighted by Gasteiger charge is -2.11. The fourth-order valence-electron chi connectivity index (χ4n) is 1.88. The summed E-state index contributed by atoms with van der Waals surface area (Å²) in [6.07, 6.45) is 7.96. The van der Waals surface area contributed by atoms with Gasteiger partial charge in [0.2, 0.25) is 0 Å². The zero-order chi connectivity index (χ0) is 13.8. The first-order chi connectivity index (χ1) is 9.08. The van der Waals surface area contributed by atoms with Crippen molar-refractivity contribution >= 4 is 5.82 Å². The highest BCUT2D eigenvalue weighted by molar-refractivity contribution is 5.31. The molecule has 0 saturated heterocycles. The normalized spacial score (nSPS) is 10.9. The standard InChI is InChI=1S/C13H19N5O/c1-10(2)18-7-6-15-12(13(18)19)14-5-4-11-8-16-17(3)9-11/h6-10H,4-5H2,1-3H3,(H,14,15). The molecule has 2 heterocycles. The second-order valence-electron chi connectivity index (χ2n) is 4.78. The van der Waals surface area contributed by atoms with Gasteiger partial charge in [0.15, 0.2) is 5.82 Å². The van der Waals surface area contributed by atoms with Gasteiger partial charge in [0.1, 0.15) is 0 Å². The Morgan fingerprint density at radius 2 is 2.21 bits per heavy atom. The molecule has 102 valence electrons. The largest absolute Gasteiger partial charge is 0.365 e. The molecule has 0 bridgehead atoms. The molecule has 0 fully saturated rings. The van der Waals surface area contributed by atoms with Crippen LogP contribution in [0.1, 0.15) is 25.5 Å². The van der Waals surface area contributed by atoms with E-state index in [0.29, 0.717) is 12.4 Å². The van der Waals surface area contributed by atoms with Crippen molar-refractivity contribution in [3.8, 4) is 0 Å². The van der Waals surface area contributed by atoms with E-state index >= 15 is 0 Å². The minimum absolute atomic E-state index is 0.0799. The summed E-state index contributed by atoms with van der Waals surface area (Å²) in [7, 11) is 1.89. The van der Waals surface area contributed by atoms with Gasteiger partial charge in [0.25, 0.3) is 5.56 Å². The van der Waals surface area contributed by atoms with E-state index in [9.17, 15) is 4.79 Å². The van der Waals surface area contributed by atoms with Crippen LogP contribution in [-0.4, -0.2) is 25.9 Å². The number of hydrogen-bond donors (Lipinski definition) is 1. The highest BCUT2D eigenvalue weighted by atomic mass is 16.1. The number of aryl methyl sites for hydroxylation is 1. The van der Waals surface area contributed by atoms with E-state index in [1.54, 1.807) is 21.6 Å². The van der Waals surface area contributed by atoms with Crippen molar-refractivity contribution < 1.29 is 0 Å². The average molecular weight is 261 g/mol. The molecular formula is C13H19N5O. The van der Waals surface area contributed by atoms with Crippen molar-refractivity contribution in [2.24, 2.45) is 7.05 Å². The van der Waals surface area contributed by atoms with Crippen molar-refractivity contribution in [3.63, 3.8) is 0 Å². The van der Waals surface area contributed by atoms with E-state index in [0.717, 1.165) is 12.0 Å². The van der Waals surface area contributed by atoms with Crippen molar-refractivity contribution in [2.45, 2.75) is 26.3 Å². The third-order valence-electron chi connectivity index (χ3n) is 2.89. The van der Waals surface area contributed by atoms with E-state index in [1.165, 1.54) is 0 Å². The average Bonchev–Trinajstić information content (AvgIpc) is 2.77. The Bertz CT molecular complexity index is 599. The minimum Gasteiger partial charge on any atom is -0.365 e. The van der Waals surface area contributed by atoms with Crippen LogP contribution in [0, 0.1) is 0 Å². The molecule has 0 aliphatic rings. The van der Waals surface area contributed by atoms with Crippen LogP contribution in [0.2, 0.25) is 0 Å². The first-order valence-corrected chi connectivity index (χ1v) is 6.36. The monoisotopic (exact) mass is 261 g/mol. The summed E-state index contributed by atoms with van der Waals surface area (Å²) in [6.45, 7) is 4.61. The lowest BCUT2D eigenvalue weighted by atomic mass is 10.2. The Labute approximate surface area is 112 Å². The summed E-state index contributed by atoms with van der Waals surface area (Å²) in [5, 5.41) is 7.19. The SMILES string of the molecule is CC(C)n1ccnc(NCCc2cnn(C)c2)c1=O. The summed E-state index contributed by atoms with van der Waals surface area (Å²) in [4.78, 5) is 16.2. The number of rotatable bonds is 5. The van der Waals surface area contributed by atoms with Crippen LogP contribution < -0.4 is 10.9 Å². The van der Waals surface area contributed by atoms with Gasteiger partial charge < -0.3 is 9.88 Å². The molecule has 0 spiro atoms. The van der Waals surface area contributed by atoms with Gasteiger partial charge >= 0.3 is 0 Å². The van der Waals surface area contributed by atoms with Crippen molar-refractivity contribution in [1.29, 1.82) is 0 Å². The molecule has 0 amide bonds. The van der Waals surface area contributed by atoms with Crippen LogP contribution in [0.25, 0.3) is 0 Å². The van der Waals surface area contributed by atoms with Crippen LogP contribution in [0.5, 0.6) is 0 Å². The van der Waals surface area contributed by atoms with Gasteiger partial charge in [-0.05, 0) is 25.8 Å². The van der Waals surface area contributed by atoms with Gasteiger partial charge in [-0.25, -0.2) is 4.98 Å². The molecule has 6 nitrogen and oxygen atoms in total. The fraction of sp³-hybridized carbons (Fsp3) is 0.462. The molecule has 2 rings (SSSR count). The molecule has 2 aromatic rings. The molecule has 19 heavy (non-hydrogen) atoms. The van der Waals surface area contributed by atoms with Gasteiger partial charge in [0.05, 0.1) is 6.20 Å². The highest BCUT2D eigenvalue weighted by Gasteiger charge is 2.06. The van der Waals surface area contributed by atoms with Crippen LogP contribution in [0.15, 0.2) is 29.6 Å². The van der Waals surface area contributed by atoms with Crippen LogP contribution in [0.4, 0.5) is 5.82 Å². The molecule has 1 N–H and O–H groups in total. The van der Waals surface area contributed by atoms with Crippen LogP contribution >= 0.6 is 0 Å². The van der Waals surface area contributed by atoms with Crippen LogP contribution in [0.3, 0.4) is 0 Å². The van der Waals surface area contributed by atoms with E-state index in [-0.39, 0.29) is 11.6 Å². The molecule has 0 unspecified atom stereocenters. The number of aromatic nitrogens is 4. The molecular weight excluding hydrogens is 242 g/mol. The summed E-state index contributed by atoms with van der Waals surface area (Å²) < 4.78 is 3.43. The van der Waals surface area contributed by atoms with Crippen molar-refractivity contribution in [3.05, 3.63) is 40.7 Å². The van der Waals surface area contributed by atoms with E-state index in [4.69, 9.17) is 0 Å². The molecule has 0 atom stereocenters. The molecule has 0 aliphatic heterocycles. The maximum atomic E-state index is 12.1. The molecule has 2 aromatic heterocycles. The second-order valence-corrected chi connectivity index (χ2v) is 4.78. The van der Waals surface area contributed by atoms with Crippen molar-refractivity contribution in [1.82, 2.24) is 19.3 Å². The molecule has 0 radical (unpaired) electrons. The molecule has 0 aromatic carbocycles. The topological polar surface area (TPSA) is 64.7 Å². The molecule has 0 saturated carbocycles. The van der Waals surface area contributed by atoms with Gasteiger partial charge in [-0.15, -0.1) is 0 Å². The van der Waals surface area contributed by atoms with E-state index in [1.807, 2.05) is 33.3 Å². The summed E-state index contributed by atoms with van der Waals surface area (Å²) in [5.74, 6) is 0.403. The Kier molecular flexibility index (Phi) is 3.99. The first kappa shape index (κ1) is 13.3. The number of nitrogens with zero attached hydrogens (tertiary/aromatic N) is 4. The predicted molar refractivity (Wildman–Crippen MR) is 74.3 cm³/mol. The smallest absolute Gasteiger partial charge is 0.293 e. The van der Waals surface area contributed by atoms with E-state index < -0.39 is 0 Å². The van der Waals surface area contributed by atoms with Crippen molar-refractivity contribution in [2.75, 3.05) is 11.9 Å².